The van der Waals surface area contributed by atoms with E-state index in [9.17, 15) is 22.4 Å². The maximum Gasteiger partial charge on any atom is 0.244 e. The van der Waals surface area contributed by atoms with Gasteiger partial charge >= 0.3 is 0 Å². The van der Waals surface area contributed by atoms with Crippen LogP contribution in [0.4, 0.5) is 10.1 Å². The number of hydrogen-bond acceptors (Lipinski definition) is 4. The van der Waals surface area contributed by atoms with E-state index in [1.54, 1.807) is 19.1 Å². The molecule has 0 aromatic heterocycles. The third kappa shape index (κ3) is 8.79. The van der Waals surface area contributed by atoms with Crippen molar-refractivity contribution in [2.45, 2.75) is 39.8 Å². The fourth-order valence-electron chi connectivity index (χ4n) is 4.21. The Morgan fingerprint density at radius 2 is 1.62 bits per heavy atom. The maximum absolute atomic E-state index is 14.0. The van der Waals surface area contributed by atoms with Crippen molar-refractivity contribution in [1.29, 1.82) is 0 Å². The van der Waals surface area contributed by atoms with Gasteiger partial charge in [-0.1, -0.05) is 74.0 Å². The first kappa shape index (κ1) is 31.1. The zero-order valence-corrected chi connectivity index (χ0v) is 24.7. The van der Waals surface area contributed by atoms with Crippen LogP contribution in [-0.2, 0) is 32.6 Å². The first-order chi connectivity index (χ1) is 18.8. The van der Waals surface area contributed by atoms with Gasteiger partial charge in [-0.15, -0.1) is 0 Å². The molecule has 2 amide bonds. The van der Waals surface area contributed by atoms with Gasteiger partial charge in [0.25, 0.3) is 0 Å². The number of aryl methyl sites for hydroxylation is 1. The molecule has 0 saturated carbocycles. The molecule has 0 unspecified atom stereocenters. The summed E-state index contributed by atoms with van der Waals surface area (Å²) in [4.78, 5) is 29.0. The van der Waals surface area contributed by atoms with E-state index in [4.69, 9.17) is 11.6 Å². The molecule has 3 rings (SSSR count). The van der Waals surface area contributed by atoms with Gasteiger partial charge in [-0.25, -0.2) is 12.8 Å². The lowest BCUT2D eigenvalue weighted by Gasteiger charge is -2.34. The van der Waals surface area contributed by atoms with Crippen molar-refractivity contribution in [3.05, 3.63) is 100 Å². The molecule has 10 heteroatoms. The SMILES string of the molecule is Cc1ccc(Cl)cc1N(CC(=O)N(Cc1ccc(F)cc1)[C@H](Cc1ccccc1)C(=O)NCC(C)C)S(C)(=O)=O. The lowest BCUT2D eigenvalue weighted by molar-refractivity contribution is -0.140. The lowest BCUT2D eigenvalue weighted by atomic mass is 10.0. The largest absolute Gasteiger partial charge is 0.354 e. The summed E-state index contributed by atoms with van der Waals surface area (Å²) in [6, 6.07) is 18.8. The number of amides is 2. The smallest absolute Gasteiger partial charge is 0.244 e. The summed E-state index contributed by atoms with van der Waals surface area (Å²) in [5.41, 5.74) is 2.31. The summed E-state index contributed by atoms with van der Waals surface area (Å²) in [5, 5.41) is 3.24. The minimum Gasteiger partial charge on any atom is -0.354 e. The quantitative estimate of drug-likeness (QED) is 0.324. The van der Waals surface area contributed by atoms with Gasteiger partial charge in [0, 0.05) is 24.5 Å². The van der Waals surface area contributed by atoms with Crippen molar-refractivity contribution in [2.24, 2.45) is 5.92 Å². The van der Waals surface area contributed by atoms with Crippen LogP contribution in [0.15, 0.2) is 72.8 Å². The second-order valence-electron chi connectivity index (χ2n) is 10.2. The molecule has 7 nitrogen and oxygen atoms in total. The number of benzene rings is 3. The maximum atomic E-state index is 14.0. The second-order valence-corrected chi connectivity index (χ2v) is 12.5. The first-order valence-corrected chi connectivity index (χ1v) is 15.2. The van der Waals surface area contributed by atoms with E-state index in [1.807, 2.05) is 44.2 Å². The minimum absolute atomic E-state index is 0.0299. The van der Waals surface area contributed by atoms with Crippen molar-refractivity contribution < 1.29 is 22.4 Å². The monoisotopic (exact) mass is 587 g/mol. The van der Waals surface area contributed by atoms with E-state index in [-0.39, 0.29) is 30.5 Å². The van der Waals surface area contributed by atoms with Crippen molar-refractivity contribution in [3.63, 3.8) is 0 Å². The van der Waals surface area contributed by atoms with Crippen LogP contribution >= 0.6 is 11.6 Å². The van der Waals surface area contributed by atoms with Gasteiger partial charge in [0.15, 0.2) is 0 Å². The molecule has 0 radical (unpaired) electrons. The zero-order chi connectivity index (χ0) is 29.4. The Hall–Kier alpha value is -3.43. The lowest BCUT2D eigenvalue weighted by Crippen LogP contribution is -2.53. The Labute approximate surface area is 241 Å². The summed E-state index contributed by atoms with van der Waals surface area (Å²) in [6.45, 7) is 5.47. The molecule has 0 aliphatic carbocycles. The Kier molecular flexibility index (Phi) is 10.7. The van der Waals surface area contributed by atoms with Crippen LogP contribution in [0.5, 0.6) is 0 Å². The molecule has 40 heavy (non-hydrogen) atoms. The number of halogens is 2. The predicted molar refractivity (Wildman–Crippen MR) is 157 cm³/mol. The first-order valence-electron chi connectivity index (χ1n) is 12.9. The highest BCUT2D eigenvalue weighted by molar-refractivity contribution is 7.92. The van der Waals surface area contributed by atoms with Crippen LogP contribution < -0.4 is 9.62 Å². The Balaban J connectivity index is 2.06. The molecule has 0 saturated heterocycles. The van der Waals surface area contributed by atoms with Crippen molar-refractivity contribution >= 4 is 39.1 Å². The predicted octanol–water partition coefficient (Wildman–Crippen LogP) is 4.97. The number of carbonyl (C=O) groups is 2. The molecule has 1 atom stereocenters. The summed E-state index contributed by atoms with van der Waals surface area (Å²) >= 11 is 6.17. The standard InChI is InChI=1S/C30H35ClFN3O4S/c1-21(2)18-33-30(37)28(16-23-8-6-5-7-9-23)34(19-24-11-14-26(32)15-12-24)29(36)20-35(40(4,38)39)27-17-25(31)13-10-22(27)3/h5-15,17,21,28H,16,18-20H2,1-4H3,(H,33,37)/t28-/m1/s1. The number of rotatable bonds is 12. The average Bonchev–Trinajstić information content (AvgIpc) is 2.90. The van der Waals surface area contributed by atoms with Gasteiger partial charge in [-0.3, -0.25) is 13.9 Å². The van der Waals surface area contributed by atoms with Crippen LogP contribution in [0.2, 0.25) is 5.02 Å². The van der Waals surface area contributed by atoms with E-state index < -0.39 is 34.3 Å². The molecule has 214 valence electrons. The van der Waals surface area contributed by atoms with Crippen LogP contribution in [0.1, 0.15) is 30.5 Å². The summed E-state index contributed by atoms with van der Waals surface area (Å²) in [7, 11) is -3.91. The van der Waals surface area contributed by atoms with Crippen molar-refractivity contribution in [1.82, 2.24) is 10.2 Å². The van der Waals surface area contributed by atoms with E-state index in [1.165, 1.54) is 35.2 Å². The molecule has 0 aliphatic heterocycles. The zero-order valence-electron chi connectivity index (χ0n) is 23.1. The van der Waals surface area contributed by atoms with Crippen LogP contribution in [-0.4, -0.2) is 50.5 Å². The highest BCUT2D eigenvalue weighted by Gasteiger charge is 2.33. The number of hydrogen-bond donors (Lipinski definition) is 1. The average molecular weight is 588 g/mol. The third-order valence-electron chi connectivity index (χ3n) is 6.34. The topological polar surface area (TPSA) is 86.8 Å². The fourth-order valence-corrected chi connectivity index (χ4v) is 5.27. The van der Waals surface area contributed by atoms with E-state index >= 15 is 0 Å². The number of carbonyl (C=O) groups excluding carboxylic acids is 2. The molecule has 0 fully saturated rings. The van der Waals surface area contributed by atoms with E-state index in [2.05, 4.69) is 5.32 Å². The van der Waals surface area contributed by atoms with E-state index in [0.717, 1.165) is 16.1 Å². The summed E-state index contributed by atoms with van der Waals surface area (Å²) in [5.74, 6) is -1.21. The number of anilines is 1. The molecule has 0 aliphatic rings. The molecular formula is C30H35ClFN3O4S. The molecule has 3 aromatic carbocycles. The molecule has 3 aromatic rings. The molecular weight excluding hydrogens is 553 g/mol. The second kappa shape index (κ2) is 13.8. The fraction of sp³-hybridized carbons (Fsp3) is 0.333. The molecule has 0 heterocycles. The highest BCUT2D eigenvalue weighted by atomic mass is 35.5. The summed E-state index contributed by atoms with van der Waals surface area (Å²) < 4.78 is 40.5. The minimum atomic E-state index is -3.91. The van der Waals surface area contributed by atoms with Crippen molar-refractivity contribution in [3.8, 4) is 0 Å². The van der Waals surface area contributed by atoms with Gasteiger partial charge in [-0.05, 0) is 53.8 Å². The van der Waals surface area contributed by atoms with Gasteiger partial charge in [0.2, 0.25) is 21.8 Å². The van der Waals surface area contributed by atoms with Gasteiger partial charge in [0.1, 0.15) is 18.4 Å². The molecule has 0 spiro atoms. The normalized spacial score (nSPS) is 12.2. The van der Waals surface area contributed by atoms with Gasteiger partial charge < -0.3 is 10.2 Å². The van der Waals surface area contributed by atoms with Gasteiger partial charge in [0.05, 0.1) is 11.9 Å². The Morgan fingerprint density at radius 1 is 0.975 bits per heavy atom. The molecule has 0 bridgehead atoms. The van der Waals surface area contributed by atoms with Crippen LogP contribution in [0.25, 0.3) is 0 Å². The van der Waals surface area contributed by atoms with Gasteiger partial charge in [-0.2, -0.15) is 0 Å². The Bertz CT molecular complexity index is 1420. The third-order valence-corrected chi connectivity index (χ3v) is 7.70. The van der Waals surface area contributed by atoms with Crippen LogP contribution in [0, 0.1) is 18.7 Å². The number of nitrogens with one attached hydrogen (secondary N) is 1. The summed E-state index contributed by atoms with van der Waals surface area (Å²) in [6.07, 6.45) is 1.22. The molecule has 1 N–H and O–H groups in total. The Morgan fingerprint density at radius 3 is 2.23 bits per heavy atom. The highest BCUT2D eigenvalue weighted by Crippen LogP contribution is 2.27. The van der Waals surface area contributed by atoms with E-state index in [0.29, 0.717) is 22.7 Å². The number of nitrogens with zero attached hydrogens (tertiary/aromatic N) is 2. The van der Waals surface area contributed by atoms with Crippen LogP contribution in [0.3, 0.4) is 0 Å². The number of sulfonamides is 1. The van der Waals surface area contributed by atoms with Crippen molar-refractivity contribution in [2.75, 3.05) is 23.7 Å².